The Labute approximate surface area is 169 Å². The number of amides is 2. The van der Waals surface area contributed by atoms with Crippen LogP contribution in [0.1, 0.15) is 28.9 Å². The van der Waals surface area contributed by atoms with Gasteiger partial charge in [-0.1, -0.05) is 12.2 Å². The van der Waals surface area contributed by atoms with Crippen LogP contribution in [0.15, 0.2) is 17.1 Å². The van der Waals surface area contributed by atoms with Crippen molar-refractivity contribution in [1.82, 2.24) is 20.5 Å². The predicted molar refractivity (Wildman–Crippen MR) is 109 cm³/mol. The summed E-state index contributed by atoms with van der Waals surface area (Å²) in [6.45, 7) is 8.18. The van der Waals surface area contributed by atoms with Gasteiger partial charge < -0.3 is 10.6 Å². The van der Waals surface area contributed by atoms with Crippen molar-refractivity contribution in [3.63, 3.8) is 0 Å². The van der Waals surface area contributed by atoms with Crippen molar-refractivity contribution in [2.45, 2.75) is 33.7 Å². The van der Waals surface area contributed by atoms with Crippen LogP contribution in [0, 0.1) is 37.5 Å². The molecule has 1 aromatic heterocycles. The molecule has 2 aliphatic carbocycles. The molecule has 1 saturated carbocycles. The molecule has 8 heteroatoms. The second-order valence-electron chi connectivity index (χ2n) is 7.70. The molecule has 4 atom stereocenters. The number of aromatic nitrogens is 1. The molecular formula is C20H27N5O2S. The SMILES string of the molecule is CCNC(=NCc1nc(C)c(C)s1)NCCN1C(=O)C2C3C=CC(C3)C2C1=O. The number of aryl methyl sites for hydroxylation is 2. The average molecular weight is 402 g/mol. The third kappa shape index (κ3) is 3.34. The summed E-state index contributed by atoms with van der Waals surface area (Å²) in [5, 5.41) is 7.42. The lowest BCUT2D eigenvalue weighted by Gasteiger charge is -2.18. The largest absolute Gasteiger partial charge is 0.357 e. The number of guanidine groups is 1. The average Bonchev–Trinajstić information content (AvgIpc) is 3.41. The second-order valence-corrected chi connectivity index (χ2v) is 8.99. The molecule has 1 saturated heterocycles. The Morgan fingerprint density at radius 1 is 1.21 bits per heavy atom. The van der Waals surface area contributed by atoms with Crippen molar-refractivity contribution in [2.24, 2.45) is 28.7 Å². The number of rotatable bonds is 6. The van der Waals surface area contributed by atoms with Crippen molar-refractivity contribution in [3.8, 4) is 0 Å². The quantitative estimate of drug-likeness (QED) is 0.327. The molecule has 0 aromatic carbocycles. The van der Waals surface area contributed by atoms with E-state index >= 15 is 0 Å². The highest BCUT2D eigenvalue weighted by atomic mass is 32.1. The monoisotopic (exact) mass is 401 g/mol. The lowest BCUT2D eigenvalue weighted by molar-refractivity contribution is -0.140. The highest BCUT2D eigenvalue weighted by Gasteiger charge is 2.58. The summed E-state index contributed by atoms with van der Waals surface area (Å²) in [5.41, 5.74) is 1.05. The number of carbonyl (C=O) groups excluding carboxylic acids is 2. The van der Waals surface area contributed by atoms with Gasteiger partial charge in [0.2, 0.25) is 11.8 Å². The lowest BCUT2D eigenvalue weighted by Crippen LogP contribution is -2.43. The van der Waals surface area contributed by atoms with E-state index in [9.17, 15) is 9.59 Å². The summed E-state index contributed by atoms with van der Waals surface area (Å²) in [7, 11) is 0. The molecule has 28 heavy (non-hydrogen) atoms. The zero-order valence-electron chi connectivity index (χ0n) is 16.6. The van der Waals surface area contributed by atoms with Gasteiger partial charge in [0, 0.05) is 24.5 Å². The second kappa shape index (κ2) is 7.66. The van der Waals surface area contributed by atoms with Gasteiger partial charge in [0.25, 0.3) is 0 Å². The molecule has 150 valence electrons. The molecular weight excluding hydrogens is 374 g/mol. The zero-order chi connectivity index (χ0) is 19.8. The Kier molecular flexibility index (Phi) is 5.23. The fraction of sp³-hybridized carbons (Fsp3) is 0.600. The fourth-order valence-corrected chi connectivity index (χ4v) is 5.42. The Morgan fingerprint density at radius 2 is 1.89 bits per heavy atom. The number of imide groups is 1. The maximum absolute atomic E-state index is 12.7. The molecule has 4 rings (SSSR count). The van der Waals surface area contributed by atoms with E-state index in [4.69, 9.17) is 0 Å². The Hall–Kier alpha value is -2.22. The van der Waals surface area contributed by atoms with Gasteiger partial charge in [0.15, 0.2) is 5.96 Å². The van der Waals surface area contributed by atoms with Crippen LogP contribution in [0.2, 0.25) is 0 Å². The number of thiazole rings is 1. The van der Waals surface area contributed by atoms with Gasteiger partial charge in [-0.15, -0.1) is 11.3 Å². The first-order chi connectivity index (χ1) is 13.5. The molecule has 7 nitrogen and oxygen atoms in total. The first kappa shape index (κ1) is 19.1. The van der Waals surface area contributed by atoms with Gasteiger partial charge in [-0.3, -0.25) is 14.5 Å². The lowest BCUT2D eigenvalue weighted by atomic mass is 9.85. The molecule has 2 bridgehead atoms. The predicted octanol–water partition coefficient (Wildman–Crippen LogP) is 1.62. The Morgan fingerprint density at radius 3 is 2.46 bits per heavy atom. The molecule has 1 aromatic rings. The maximum Gasteiger partial charge on any atom is 0.233 e. The summed E-state index contributed by atoms with van der Waals surface area (Å²) in [5.74, 6) is 0.950. The first-order valence-corrected chi connectivity index (χ1v) is 10.8. The summed E-state index contributed by atoms with van der Waals surface area (Å²) in [4.78, 5) is 37.2. The number of hydrogen-bond acceptors (Lipinski definition) is 5. The van der Waals surface area contributed by atoms with Crippen LogP contribution >= 0.6 is 11.3 Å². The number of likely N-dealkylation sites (tertiary alicyclic amines) is 1. The number of carbonyl (C=O) groups is 2. The van der Waals surface area contributed by atoms with E-state index < -0.39 is 0 Å². The number of nitrogens with one attached hydrogen (secondary N) is 2. The van der Waals surface area contributed by atoms with Gasteiger partial charge in [0.1, 0.15) is 5.01 Å². The molecule has 2 heterocycles. The number of fused-ring (bicyclic) bond motifs is 5. The molecule has 0 spiro atoms. The minimum absolute atomic E-state index is 0.00401. The van der Waals surface area contributed by atoms with E-state index in [2.05, 4.69) is 39.7 Å². The van der Waals surface area contributed by atoms with E-state index in [0.717, 1.165) is 23.7 Å². The van der Waals surface area contributed by atoms with Crippen LogP contribution in [-0.2, 0) is 16.1 Å². The minimum Gasteiger partial charge on any atom is -0.357 e. The number of aliphatic imine (C=N–C) groups is 1. The van der Waals surface area contributed by atoms with E-state index in [-0.39, 0.29) is 35.5 Å². The van der Waals surface area contributed by atoms with Crippen molar-refractivity contribution in [1.29, 1.82) is 0 Å². The van der Waals surface area contributed by atoms with Crippen LogP contribution in [0.3, 0.4) is 0 Å². The zero-order valence-corrected chi connectivity index (χ0v) is 17.4. The van der Waals surface area contributed by atoms with Gasteiger partial charge in [-0.25, -0.2) is 9.98 Å². The standard InChI is InChI=1S/C20H27N5O2S/c1-4-21-20(23-10-15-24-11(2)12(3)28-15)22-7-8-25-18(26)16-13-5-6-14(9-13)17(16)19(25)27/h5-6,13-14,16-17H,4,7-10H2,1-3H3,(H2,21,22,23). The van der Waals surface area contributed by atoms with Gasteiger partial charge in [0.05, 0.1) is 24.1 Å². The fourth-order valence-electron chi connectivity index (χ4n) is 4.57. The van der Waals surface area contributed by atoms with E-state index in [0.29, 0.717) is 25.6 Å². The Bertz CT molecular complexity index is 796. The topological polar surface area (TPSA) is 86.7 Å². The highest BCUT2D eigenvalue weighted by Crippen LogP contribution is 2.52. The Balaban J connectivity index is 1.33. The van der Waals surface area contributed by atoms with Crippen LogP contribution < -0.4 is 10.6 Å². The van der Waals surface area contributed by atoms with Crippen LogP contribution in [0.5, 0.6) is 0 Å². The molecule has 3 aliphatic rings. The van der Waals surface area contributed by atoms with Crippen LogP contribution in [0.25, 0.3) is 0 Å². The number of nitrogens with zero attached hydrogens (tertiary/aromatic N) is 3. The van der Waals surface area contributed by atoms with Crippen molar-refractivity contribution in [3.05, 3.63) is 27.7 Å². The summed E-state index contributed by atoms with van der Waals surface area (Å²) in [6.07, 6.45) is 5.21. The van der Waals surface area contributed by atoms with Gasteiger partial charge >= 0.3 is 0 Å². The smallest absolute Gasteiger partial charge is 0.233 e. The molecule has 2 N–H and O–H groups in total. The van der Waals surface area contributed by atoms with Crippen molar-refractivity contribution >= 4 is 29.1 Å². The van der Waals surface area contributed by atoms with Crippen molar-refractivity contribution in [2.75, 3.05) is 19.6 Å². The number of hydrogen-bond donors (Lipinski definition) is 2. The number of allylic oxidation sites excluding steroid dienone is 2. The third-order valence-corrected chi connectivity index (χ3v) is 7.04. The molecule has 2 amide bonds. The molecule has 0 radical (unpaired) electrons. The molecule has 1 aliphatic heterocycles. The summed E-state index contributed by atoms with van der Waals surface area (Å²) < 4.78 is 0. The van der Waals surface area contributed by atoms with E-state index in [1.54, 1.807) is 11.3 Å². The minimum atomic E-state index is -0.124. The van der Waals surface area contributed by atoms with Gasteiger partial charge in [-0.05, 0) is 39.0 Å². The summed E-state index contributed by atoms with van der Waals surface area (Å²) in [6, 6.07) is 0. The highest BCUT2D eigenvalue weighted by molar-refractivity contribution is 7.11. The normalized spacial score (nSPS) is 28.4. The molecule has 2 fully saturated rings. The summed E-state index contributed by atoms with van der Waals surface area (Å²) >= 11 is 1.66. The van der Waals surface area contributed by atoms with Crippen LogP contribution in [-0.4, -0.2) is 47.3 Å². The molecule has 4 unspecified atom stereocenters. The van der Waals surface area contributed by atoms with Crippen LogP contribution in [0.4, 0.5) is 0 Å². The first-order valence-electron chi connectivity index (χ1n) is 9.98. The van der Waals surface area contributed by atoms with Crippen molar-refractivity contribution < 1.29 is 9.59 Å². The van der Waals surface area contributed by atoms with E-state index in [1.807, 2.05) is 13.8 Å². The van der Waals surface area contributed by atoms with E-state index in [1.165, 1.54) is 9.78 Å². The third-order valence-electron chi connectivity index (χ3n) is 5.98. The maximum atomic E-state index is 12.7. The van der Waals surface area contributed by atoms with Gasteiger partial charge in [-0.2, -0.15) is 0 Å².